The van der Waals surface area contributed by atoms with Crippen LogP contribution in [-0.2, 0) is 15.7 Å². The number of nitrogens with zero attached hydrogens (tertiary/aromatic N) is 2. The quantitative estimate of drug-likeness (QED) is 0.747. The number of ether oxygens (including phenoxy) is 2. The molecule has 0 heterocycles. The number of rotatable bonds is 6. The molecule has 0 aliphatic carbocycles. The second-order valence-electron chi connectivity index (χ2n) is 4.17. The number of benzene rings is 1. The molecule has 0 bridgehead atoms. The van der Waals surface area contributed by atoms with Gasteiger partial charge in [-0.05, 0) is 34.0 Å². The van der Waals surface area contributed by atoms with Gasteiger partial charge in [-0.3, -0.25) is 0 Å². The fraction of sp³-hybridized carbons (Fsp3) is 0.429. The molecule has 0 aliphatic heterocycles. The maximum absolute atomic E-state index is 12.2. The first-order valence-corrected chi connectivity index (χ1v) is 7.54. The van der Waals surface area contributed by atoms with E-state index < -0.39 is 17.0 Å². The molecule has 0 aromatic heterocycles. The van der Waals surface area contributed by atoms with Crippen molar-refractivity contribution in [3.05, 3.63) is 23.3 Å². The number of hydrogen-bond donors (Lipinski definition) is 0. The molecule has 0 spiro atoms. The molecular formula is C14H18N2O4S. The summed E-state index contributed by atoms with van der Waals surface area (Å²) in [4.78, 5) is 12.2. The Labute approximate surface area is 126 Å². The lowest BCUT2D eigenvalue weighted by Crippen LogP contribution is -2.18. The maximum atomic E-state index is 12.2. The second kappa shape index (κ2) is 7.76. The normalized spacial score (nSPS) is 11.8. The molecule has 0 fully saturated rings. The first-order valence-electron chi connectivity index (χ1n) is 6.43. The van der Waals surface area contributed by atoms with Gasteiger partial charge in [-0.25, -0.2) is 13.3 Å². The van der Waals surface area contributed by atoms with Crippen LogP contribution < -0.4 is 4.74 Å². The van der Waals surface area contributed by atoms with Gasteiger partial charge < -0.3 is 9.47 Å². The van der Waals surface area contributed by atoms with Crippen LogP contribution >= 0.6 is 0 Å². The summed E-state index contributed by atoms with van der Waals surface area (Å²) in [7, 11) is 1.70. The summed E-state index contributed by atoms with van der Waals surface area (Å²) < 4.78 is 24.0. The molecule has 0 saturated heterocycles. The van der Waals surface area contributed by atoms with Gasteiger partial charge in [0, 0.05) is 6.07 Å². The third-order valence-corrected chi connectivity index (χ3v) is 3.89. The van der Waals surface area contributed by atoms with Crippen LogP contribution in [0.2, 0.25) is 0 Å². The van der Waals surface area contributed by atoms with Crippen molar-refractivity contribution in [1.82, 2.24) is 4.31 Å². The standard InChI is InChI=1S/C14H18N2O4S/c1-5-19-12-7-10(9-15)13(21(18)16(3)4)8-11(12)14(17)20-6-2/h7-8H,5-6H2,1-4H3. The SMILES string of the molecule is CCOC(=O)c1cc(S(=O)N(C)C)c(C#N)cc1OCC. The monoisotopic (exact) mass is 310 g/mol. The van der Waals surface area contributed by atoms with E-state index in [4.69, 9.17) is 9.47 Å². The Kier molecular flexibility index (Phi) is 6.34. The van der Waals surface area contributed by atoms with E-state index in [9.17, 15) is 14.3 Å². The minimum Gasteiger partial charge on any atom is -0.493 e. The van der Waals surface area contributed by atoms with Crippen LogP contribution in [0.5, 0.6) is 5.75 Å². The third kappa shape index (κ3) is 4.03. The summed E-state index contributed by atoms with van der Waals surface area (Å²) in [6, 6.07) is 4.80. The van der Waals surface area contributed by atoms with Crippen LogP contribution in [0.25, 0.3) is 0 Å². The van der Waals surface area contributed by atoms with Crippen molar-refractivity contribution in [3.8, 4) is 11.8 Å². The summed E-state index contributed by atoms with van der Waals surface area (Å²) in [5, 5.41) is 9.20. The predicted molar refractivity (Wildman–Crippen MR) is 78.4 cm³/mol. The molecule has 0 aliphatic rings. The maximum Gasteiger partial charge on any atom is 0.341 e. The Hall–Kier alpha value is -1.91. The molecule has 21 heavy (non-hydrogen) atoms. The topological polar surface area (TPSA) is 79.6 Å². The molecule has 1 atom stereocenters. The van der Waals surface area contributed by atoms with Gasteiger partial charge in [0.2, 0.25) is 0 Å². The van der Waals surface area contributed by atoms with E-state index in [1.165, 1.54) is 16.4 Å². The summed E-state index contributed by atoms with van der Waals surface area (Å²) in [5.74, 6) is -0.311. The van der Waals surface area contributed by atoms with Crippen molar-refractivity contribution in [2.75, 3.05) is 27.3 Å². The Morgan fingerprint density at radius 1 is 1.33 bits per heavy atom. The Bertz CT molecular complexity index is 593. The predicted octanol–water partition coefficient (Wildman–Crippen LogP) is 1.72. The van der Waals surface area contributed by atoms with Crippen molar-refractivity contribution < 1.29 is 18.5 Å². The number of nitriles is 1. The van der Waals surface area contributed by atoms with Crippen LogP contribution in [-0.4, -0.2) is 41.8 Å². The van der Waals surface area contributed by atoms with E-state index in [1.807, 2.05) is 6.07 Å². The minimum absolute atomic E-state index is 0.169. The highest BCUT2D eigenvalue weighted by atomic mass is 32.2. The zero-order valence-corrected chi connectivity index (χ0v) is 13.3. The lowest BCUT2D eigenvalue weighted by molar-refractivity contribution is 0.0521. The largest absolute Gasteiger partial charge is 0.493 e. The average molecular weight is 310 g/mol. The molecular weight excluding hydrogens is 292 g/mol. The zero-order chi connectivity index (χ0) is 16.0. The van der Waals surface area contributed by atoms with Crippen LogP contribution in [0, 0.1) is 11.3 Å². The smallest absolute Gasteiger partial charge is 0.341 e. The van der Waals surface area contributed by atoms with Gasteiger partial charge in [0.25, 0.3) is 0 Å². The Balaban J connectivity index is 3.46. The fourth-order valence-corrected chi connectivity index (χ4v) is 2.54. The summed E-state index contributed by atoms with van der Waals surface area (Å²) in [5.41, 5.74) is 0.376. The van der Waals surface area contributed by atoms with Crippen molar-refractivity contribution in [2.45, 2.75) is 18.7 Å². The summed E-state index contributed by atoms with van der Waals surface area (Å²) in [6.07, 6.45) is 0. The van der Waals surface area contributed by atoms with Crippen molar-refractivity contribution in [1.29, 1.82) is 5.26 Å². The molecule has 114 valence electrons. The highest BCUT2D eigenvalue weighted by Gasteiger charge is 2.21. The van der Waals surface area contributed by atoms with Crippen molar-refractivity contribution in [2.24, 2.45) is 0 Å². The van der Waals surface area contributed by atoms with E-state index in [1.54, 1.807) is 27.9 Å². The van der Waals surface area contributed by atoms with E-state index in [2.05, 4.69) is 0 Å². The van der Waals surface area contributed by atoms with Crippen molar-refractivity contribution >= 4 is 17.0 Å². The highest BCUT2D eigenvalue weighted by Crippen LogP contribution is 2.27. The van der Waals surface area contributed by atoms with E-state index in [-0.39, 0.29) is 28.4 Å². The Morgan fingerprint density at radius 3 is 2.48 bits per heavy atom. The molecule has 1 aromatic rings. The molecule has 0 N–H and O–H groups in total. The first kappa shape index (κ1) is 17.1. The van der Waals surface area contributed by atoms with E-state index in [0.29, 0.717) is 6.61 Å². The Morgan fingerprint density at radius 2 is 2.00 bits per heavy atom. The van der Waals surface area contributed by atoms with Crippen LogP contribution in [0.3, 0.4) is 0 Å². The van der Waals surface area contributed by atoms with Gasteiger partial charge in [0.1, 0.15) is 28.4 Å². The average Bonchev–Trinajstić information content (AvgIpc) is 2.46. The van der Waals surface area contributed by atoms with Gasteiger partial charge in [0.15, 0.2) is 0 Å². The van der Waals surface area contributed by atoms with Crippen LogP contribution in [0.4, 0.5) is 0 Å². The lowest BCUT2D eigenvalue weighted by atomic mass is 10.1. The number of carbonyl (C=O) groups excluding carboxylic acids is 1. The molecule has 1 aromatic carbocycles. The molecule has 0 amide bonds. The number of hydrogen-bond acceptors (Lipinski definition) is 5. The molecule has 7 heteroatoms. The highest BCUT2D eigenvalue weighted by molar-refractivity contribution is 7.82. The molecule has 1 rings (SSSR count). The molecule has 0 saturated carbocycles. The van der Waals surface area contributed by atoms with Crippen LogP contribution in [0.15, 0.2) is 17.0 Å². The summed E-state index contributed by atoms with van der Waals surface area (Å²) >= 11 is 0. The lowest BCUT2D eigenvalue weighted by Gasteiger charge is -2.15. The van der Waals surface area contributed by atoms with Crippen molar-refractivity contribution in [3.63, 3.8) is 0 Å². The van der Waals surface area contributed by atoms with Gasteiger partial charge in [-0.1, -0.05) is 0 Å². The number of esters is 1. The zero-order valence-electron chi connectivity index (χ0n) is 12.5. The first-order chi connectivity index (χ1) is 9.96. The minimum atomic E-state index is -1.54. The van der Waals surface area contributed by atoms with Gasteiger partial charge in [0.05, 0.1) is 23.7 Å². The molecule has 6 nitrogen and oxygen atoms in total. The molecule has 1 unspecified atom stereocenters. The van der Waals surface area contributed by atoms with Crippen LogP contribution in [0.1, 0.15) is 29.8 Å². The van der Waals surface area contributed by atoms with Gasteiger partial charge in [-0.2, -0.15) is 5.26 Å². The van der Waals surface area contributed by atoms with E-state index >= 15 is 0 Å². The second-order valence-corrected chi connectivity index (χ2v) is 5.84. The molecule has 0 radical (unpaired) electrons. The van der Waals surface area contributed by atoms with E-state index in [0.717, 1.165) is 0 Å². The van der Waals surface area contributed by atoms with Gasteiger partial charge in [-0.15, -0.1) is 0 Å². The van der Waals surface area contributed by atoms with Gasteiger partial charge >= 0.3 is 5.97 Å². The summed E-state index contributed by atoms with van der Waals surface area (Å²) in [6.45, 7) is 4.03. The fourth-order valence-electron chi connectivity index (χ4n) is 1.63. The number of carbonyl (C=O) groups is 1. The third-order valence-electron chi connectivity index (χ3n) is 2.52.